The molecule has 29 heavy (non-hydrogen) atoms. The molecule has 2 aromatic rings. The zero-order valence-electron chi connectivity index (χ0n) is 16.6. The Morgan fingerprint density at radius 2 is 1.83 bits per heavy atom. The van der Waals surface area contributed by atoms with Gasteiger partial charge in [-0.3, -0.25) is 4.79 Å². The lowest BCUT2D eigenvalue weighted by atomic mass is 9.83. The lowest BCUT2D eigenvalue weighted by Gasteiger charge is -2.35. The molecule has 1 aliphatic heterocycles. The van der Waals surface area contributed by atoms with E-state index in [-0.39, 0.29) is 30.5 Å². The molecular weight excluding hydrogens is 376 g/mol. The minimum Gasteiger partial charge on any atom is -0.460 e. The third kappa shape index (κ3) is 4.36. The largest absolute Gasteiger partial charge is 0.460 e. The molecule has 0 bridgehead atoms. The monoisotopic (exact) mass is 399 g/mol. The SMILES string of the molecule is CC1=C(C(=O)OC(C)C)C(c2ccccc2)CC(=O)N1Cc1cccc(F)c1F. The average molecular weight is 399 g/mol. The number of rotatable bonds is 5. The van der Waals surface area contributed by atoms with Gasteiger partial charge in [-0.05, 0) is 32.4 Å². The highest BCUT2D eigenvalue weighted by molar-refractivity contribution is 5.96. The molecule has 4 nitrogen and oxygen atoms in total. The van der Waals surface area contributed by atoms with Crippen molar-refractivity contribution in [2.75, 3.05) is 0 Å². The van der Waals surface area contributed by atoms with Crippen molar-refractivity contribution in [2.24, 2.45) is 0 Å². The molecule has 1 unspecified atom stereocenters. The van der Waals surface area contributed by atoms with Gasteiger partial charge < -0.3 is 9.64 Å². The molecule has 1 amide bonds. The second-order valence-corrected chi connectivity index (χ2v) is 7.31. The summed E-state index contributed by atoms with van der Waals surface area (Å²) in [4.78, 5) is 27.1. The molecule has 0 saturated heterocycles. The van der Waals surface area contributed by atoms with E-state index in [1.807, 2.05) is 30.3 Å². The summed E-state index contributed by atoms with van der Waals surface area (Å²) in [6, 6.07) is 13.1. The molecule has 3 rings (SSSR count). The molecule has 6 heteroatoms. The maximum Gasteiger partial charge on any atom is 0.336 e. The van der Waals surface area contributed by atoms with Gasteiger partial charge in [0.05, 0.1) is 18.2 Å². The Balaban J connectivity index is 2.05. The molecule has 0 radical (unpaired) electrons. The number of ether oxygens (including phenoxy) is 1. The highest BCUT2D eigenvalue weighted by atomic mass is 19.2. The zero-order chi connectivity index (χ0) is 21.1. The van der Waals surface area contributed by atoms with E-state index in [1.165, 1.54) is 17.0 Å². The van der Waals surface area contributed by atoms with E-state index in [9.17, 15) is 18.4 Å². The van der Waals surface area contributed by atoms with Gasteiger partial charge in [0.25, 0.3) is 0 Å². The van der Waals surface area contributed by atoms with Crippen LogP contribution >= 0.6 is 0 Å². The van der Waals surface area contributed by atoms with E-state index in [1.54, 1.807) is 20.8 Å². The molecule has 0 spiro atoms. The zero-order valence-corrected chi connectivity index (χ0v) is 16.6. The van der Waals surface area contributed by atoms with Crippen LogP contribution in [0.15, 0.2) is 59.8 Å². The summed E-state index contributed by atoms with van der Waals surface area (Å²) in [5.41, 5.74) is 1.63. The maximum atomic E-state index is 14.2. The Bertz CT molecular complexity index is 954. The Hall–Kier alpha value is -3.02. The van der Waals surface area contributed by atoms with Gasteiger partial charge in [0.1, 0.15) is 0 Å². The van der Waals surface area contributed by atoms with Crippen molar-refractivity contribution in [3.05, 3.63) is 82.6 Å². The van der Waals surface area contributed by atoms with Crippen LogP contribution in [0, 0.1) is 11.6 Å². The second kappa shape index (κ2) is 8.55. The highest BCUT2D eigenvalue weighted by Crippen LogP contribution is 2.38. The van der Waals surface area contributed by atoms with Gasteiger partial charge in [0.2, 0.25) is 5.91 Å². The number of hydrogen-bond acceptors (Lipinski definition) is 3. The Kier molecular flexibility index (Phi) is 6.11. The molecule has 0 N–H and O–H groups in total. The lowest BCUT2D eigenvalue weighted by molar-refractivity contribution is -0.143. The van der Waals surface area contributed by atoms with Gasteiger partial charge >= 0.3 is 5.97 Å². The fraction of sp³-hybridized carbons (Fsp3) is 0.304. The van der Waals surface area contributed by atoms with Crippen LogP contribution in [0.4, 0.5) is 8.78 Å². The number of carbonyl (C=O) groups is 2. The first kappa shape index (κ1) is 20.7. The quantitative estimate of drug-likeness (QED) is 0.685. The number of allylic oxidation sites excluding steroid dienone is 1. The summed E-state index contributed by atoms with van der Waals surface area (Å²) >= 11 is 0. The van der Waals surface area contributed by atoms with Crippen molar-refractivity contribution < 1.29 is 23.1 Å². The van der Waals surface area contributed by atoms with Crippen LogP contribution in [0.2, 0.25) is 0 Å². The highest BCUT2D eigenvalue weighted by Gasteiger charge is 2.37. The van der Waals surface area contributed by atoms with E-state index in [2.05, 4.69) is 0 Å². The van der Waals surface area contributed by atoms with Crippen molar-refractivity contribution in [3.8, 4) is 0 Å². The minimum absolute atomic E-state index is 0.0425. The summed E-state index contributed by atoms with van der Waals surface area (Å²) in [5.74, 6) is -3.20. The minimum atomic E-state index is -0.996. The van der Waals surface area contributed by atoms with Gasteiger partial charge in [-0.2, -0.15) is 0 Å². The summed E-state index contributed by atoms with van der Waals surface area (Å²) in [6.45, 7) is 4.98. The summed E-state index contributed by atoms with van der Waals surface area (Å²) in [5, 5.41) is 0. The van der Waals surface area contributed by atoms with Crippen molar-refractivity contribution in [2.45, 2.75) is 45.8 Å². The van der Waals surface area contributed by atoms with Gasteiger partial charge in [0.15, 0.2) is 11.6 Å². The average Bonchev–Trinajstić information content (AvgIpc) is 2.67. The van der Waals surface area contributed by atoms with E-state index >= 15 is 0 Å². The fourth-order valence-corrected chi connectivity index (χ4v) is 3.56. The van der Waals surface area contributed by atoms with Gasteiger partial charge in [-0.15, -0.1) is 0 Å². The number of benzene rings is 2. The predicted octanol–water partition coefficient (Wildman–Crippen LogP) is 4.71. The normalized spacial score (nSPS) is 17.1. The van der Waals surface area contributed by atoms with Crippen LogP contribution in [0.1, 0.15) is 44.2 Å². The number of amides is 1. The third-order valence-corrected chi connectivity index (χ3v) is 4.95. The summed E-state index contributed by atoms with van der Waals surface area (Å²) < 4.78 is 33.2. The number of esters is 1. The molecule has 0 saturated carbocycles. The molecule has 1 atom stereocenters. The number of nitrogens with zero attached hydrogens (tertiary/aromatic N) is 1. The molecule has 1 heterocycles. The van der Waals surface area contributed by atoms with E-state index < -0.39 is 23.5 Å². The summed E-state index contributed by atoms with van der Waals surface area (Å²) in [7, 11) is 0. The smallest absolute Gasteiger partial charge is 0.336 e. The molecule has 152 valence electrons. The first-order valence-electron chi connectivity index (χ1n) is 9.49. The van der Waals surface area contributed by atoms with Crippen LogP contribution in [-0.4, -0.2) is 22.9 Å². The first-order chi connectivity index (χ1) is 13.8. The van der Waals surface area contributed by atoms with Gasteiger partial charge in [-0.1, -0.05) is 42.5 Å². The van der Waals surface area contributed by atoms with Gasteiger partial charge in [-0.25, -0.2) is 13.6 Å². The number of carbonyl (C=O) groups excluding carboxylic acids is 2. The molecule has 1 aliphatic rings. The molecule has 0 fully saturated rings. The molecular formula is C23H23F2NO3. The Labute approximate surface area is 168 Å². The topological polar surface area (TPSA) is 46.6 Å². The molecule has 2 aromatic carbocycles. The van der Waals surface area contributed by atoms with Crippen LogP contribution in [-0.2, 0) is 20.9 Å². The van der Waals surface area contributed by atoms with E-state index in [0.717, 1.165) is 11.6 Å². The first-order valence-corrected chi connectivity index (χ1v) is 9.49. The third-order valence-electron chi connectivity index (χ3n) is 4.95. The van der Waals surface area contributed by atoms with Crippen LogP contribution in [0.25, 0.3) is 0 Å². The predicted molar refractivity (Wildman–Crippen MR) is 105 cm³/mol. The van der Waals surface area contributed by atoms with Crippen molar-refractivity contribution in [1.29, 1.82) is 0 Å². The van der Waals surface area contributed by atoms with Crippen molar-refractivity contribution in [3.63, 3.8) is 0 Å². The maximum absolute atomic E-state index is 14.2. The fourth-order valence-electron chi connectivity index (χ4n) is 3.56. The van der Waals surface area contributed by atoms with Crippen LogP contribution in [0.3, 0.4) is 0 Å². The van der Waals surface area contributed by atoms with Crippen molar-refractivity contribution >= 4 is 11.9 Å². The molecule has 0 aliphatic carbocycles. The lowest BCUT2D eigenvalue weighted by Crippen LogP contribution is -2.38. The van der Waals surface area contributed by atoms with Crippen LogP contribution in [0.5, 0.6) is 0 Å². The molecule has 0 aromatic heterocycles. The second-order valence-electron chi connectivity index (χ2n) is 7.31. The van der Waals surface area contributed by atoms with Gasteiger partial charge in [0, 0.05) is 23.6 Å². The standard InChI is InChI=1S/C23H23F2NO3/c1-14(2)29-23(28)21-15(3)26(13-17-10-7-11-19(24)22(17)25)20(27)12-18(21)16-8-5-4-6-9-16/h4-11,14,18H,12-13H2,1-3H3. The summed E-state index contributed by atoms with van der Waals surface area (Å²) in [6.07, 6.45) is -0.285. The van der Waals surface area contributed by atoms with E-state index in [0.29, 0.717) is 11.3 Å². The Morgan fingerprint density at radius 3 is 2.48 bits per heavy atom. The number of halogens is 2. The number of hydrogen-bond donors (Lipinski definition) is 0. The van der Waals surface area contributed by atoms with Crippen molar-refractivity contribution in [1.82, 2.24) is 4.90 Å². The van der Waals surface area contributed by atoms with Crippen LogP contribution < -0.4 is 0 Å². The van der Waals surface area contributed by atoms with E-state index in [4.69, 9.17) is 4.74 Å². The Morgan fingerprint density at radius 1 is 1.14 bits per heavy atom.